The molecule has 7 heteroatoms. The number of hydrogen-bond donors (Lipinski definition) is 0. The summed E-state index contributed by atoms with van der Waals surface area (Å²) in [5.41, 5.74) is 6.84. The Morgan fingerprint density at radius 3 is 1.75 bits per heavy atom. The van der Waals surface area contributed by atoms with Crippen LogP contribution in [0.25, 0.3) is 5.73 Å². The number of nitrogens with zero attached hydrogens (tertiary/aromatic N) is 1. The minimum Gasteiger partial charge on any atom is -0.677 e. The van der Waals surface area contributed by atoms with Gasteiger partial charge in [-0.2, -0.15) is 0 Å². The average molecular weight is 377 g/mol. The van der Waals surface area contributed by atoms with Crippen LogP contribution < -0.4 is 0 Å². The van der Waals surface area contributed by atoms with Gasteiger partial charge in [-0.15, -0.1) is 19.4 Å². The van der Waals surface area contributed by atoms with Crippen molar-refractivity contribution in [2.75, 3.05) is 19.6 Å². The summed E-state index contributed by atoms with van der Waals surface area (Å²) < 4.78 is 0. The number of carbonyl (C=O) groups excluding carboxylic acids is 1. The van der Waals surface area contributed by atoms with E-state index in [1.807, 2.05) is 0 Å². The molecule has 0 saturated heterocycles. The summed E-state index contributed by atoms with van der Waals surface area (Å²) in [6.07, 6.45) is 10.3. The molecule has 0 saturated carbocycles. The summed E-state index contributed by atoms with van der Waals surface area (Å²) in [7, 11) is 0. The Morgan fingerprint density at radius 2 is 1.50 bits per heavy atom. The first kappa shape index (κ1) is 30.1. The minimum atomic E-state index is -0.152. The molecule has 0 rings (SSSR count). The van der Waals surface area contributed by atoms with Gasteiger partial charge in [0.1, 0.15) is 0 Å². The Bertz CT molecular complexity index is 220. The van der Waals surface area contributed by atoms with Crippen LogP contribution >= 0.6 is 0 Å². The first-order chi connectivity index (χ1) is 5.76. The van der Waals surface area contributed by atoms with Gasteiger partial charge < -0.3 is 21.6 Å². The van der Waals surface area contributed by atoms with Crippen LogP contribution in [0.15, 0.2) is 0 Å². The van der Waals surface area contributed by atoms with Crippen molar-refractivity contribution < 1.29 is 81.2 Å². The zero-order valence-corrected chi connectivity index (χ0v) is 14.7. The zero-order chi connectivity index (χ0) is 9.40. The predicted molar refractivity (Wildman–Crippen MR) is 55.3 cm³/mol. The second kappa shape index (κ2) is 21.0. The number of carbonyl (C=O) groups is 1. The van der Waals surface area contributed by atoms with Crippen molar-refractivity contribution >= 4 is 5.91 Å². The average Bonchev–Trinajstić information content (AvgIpc) is 2.04. The summed E-state index contributed by atoms with van der Waals surface area (Å²) in [6, 6.07) is 0. The van der Waals surface area contributed by atoms with Crippen LogP contribution in [0.4, 0.5) is 0 Å². The van der Waals surface area contributed by atoms with E-state index in [0.717, 1.165) is 0 Å². The topological polar surface area (TPSA) is 107 Å². The molecule has 0 spiro atoms. The van der Waals surface area contributed by atoms with Gasteiger partial charge in [0.25, 0.3) is 0 Å². The van der Waals surface area contributed by atoms with Crippen molar-refractivity contribution in [1.29, 1.82) is 0 Å². The van der Waals surface area contributed by atoms with Crippen LogP contribution in [-0.2, 0) is 70.2 Å². The molecular weight excluding hydrogens is 362 g/mol. The third-order valence-electron chi connectivity index (χ3n) is 1.26. The van der Waals surface area contributed by atoms with Crippen molar-refractivity contribution in [3.8, 4) is 24.7 Å². The van der Waals surface area contributed by atoms with E-state index in [-0.39, 0.29) is 108 Å². The monoisotopic (exact) mass is 377 g/mol. The number of nitrogens with one attached hydrogen (secondary N) is 1. The summed E-state index contributed by atoms with van der Waals surface area (Å²) in [4.78, 5) is 12.5. The van der Waals surface area contributed by atoms with Crippen LogP contribution in [-0.4, -0.2) is 41.4 Å². The van der Waals surface area contributed by atoms with Crippen LogP contribution in [0.3, 0.4) is 0 Å². The van der Waals surface area contributed by atoms with Crippen molar-refractivity contribution in [1.82, 2.24) is 4.90 Å². The van der Waals surface area contributed by atoms with Gasteiger partial charge in [-0.05, 0) is 0 Å². The van der Waals surface area contributed by atoms with Gasteiger partial charge in [-0.3, -0.25) is 4.79 Å². The molecule has 16 heavy (non-hydrogen) atoms. The van der Waals surface area contributed by atoms with E-state index in [0.29, 0.717) is 0 Å². The maximum atomic E-state index is 11.1. The minimum absolute atomic E-state index is 0. The second-order valence-corrected chi connectivity index (χ2v) is 2.16. The van der Waals surface area contributed by atoms with Gasteiger partial charge in [0.05, 0.1) is 13.1 Å². The molecular formula is C9H15N2O3Y2-. The molecule has 0 aliphatic heterocycles. The normalized spacial score (nSPS) is 6.19. The molecule has 0 atom stereocenters. The molecule has 0 unspecified atom stereocenters. The SMILES string of the molecule is C#CCN(CC#C)C(=O)CC[NH-].O.O.[Y].[Y]. The molecule has 1 amide bonds. The largest absolute Gasteiger partial charge is 0.677 e. The van der Waals surface area contributed by atoms with Crippen molar-refractivity contribution in [3.63, 3.8) is 0 Å². The van der Waals surface area contributed by atoms with E-state index in [2.05, 4.69) is 11.8 Å². The summed E-state index contributed by atoms with van der Waals surface area (Å²) in [6.45, 7) is 0.524. The first-order valence-corrected chi connectivity index (χ1v) is 3.55. The summed E-state index contributed by atoms with van der Waals surface area (Å²) in [5, 5.41) is 0. The van der Waals surface area contributed by atoms with Gasteiger partial charge >= 0.3 is 0 Å². The van der Waals surface area contributed by atoms with Crippen molar-refractivity contribution in [2.45, 2.75) is 6.42 Å². The van der Waals surface area contributed by atoms with Gasteiger partial charge in [-0.25, -0.2) is 0 Å². The molecule has 0 aromatic rings. The molecule has 0 aromatic carbocycles. The molecule has 0 aliphatic rings. The number of rotatable bonds is 4. The third-order valence-corrected chi connectivity index (χ3v) is 1.26. The molecule has 0 aliphatic carbocycles. The standard InChI is InChI=1S/C9H11N2O.2H2O.2Y/c1-3-7-11(8-4-2)9(12)5-6-10;;;;/h1-2,10H,5-8H2;2*1H2;;/q-1;;;;. The molecule has 86 valence electrons. The Morgan fingerprint density at radius 1 is 1.12 bits per heavy atom. The number of hydrogen-bond acceptors (Lipinski definition) is 1. The third kappa shape index (κ3) is 14.7. The number of amides is 1. The van der Waals surface area contributed by atoms with Crippen LogP contribution in [0.2, 0.25) is 0 Å². The Balaban J connectivity index is -0.000000101. The Labute approximate surface area is 147 Å². The predicted octanol–water partition coefficient (Wildman–Crippen LogP) is -1.13. The molecule has 5 N–H and O–H groups in total. The van der Waals surface area contributed by atoms with E-state index in [1.165, 1.54) is 4.90 Å². The van der Waals surface area contributed by atoms with E-state index in [1.54, 1.807) is 0 Å². The van der Waals surface area contributed by atoms with E-state index in [4.69, 9.17) is 18.6 Å². The second-order valence-electron chi connectivity index (χ2n) is 2.16. The summed E-state index contributed by atoms with van der Waals surface area (Å²) in [5.74, 6) is 4.53. The molecule has 0 bridgehead atoms. The number of terminal acetylenes is 2. The summed E-state index contributed by atoms with van der Waals surface area (Å²) >= 11 is 0. The maximum Gasteiger partial charge on any atom is 0.222 e. The van der Waals surface area contributed by atoms with Gasteiger partial charge in [0.2, 0.25) is 5.91 Å². The van der Waals surface area contributed by atoms with Crippen LogP contribution in [0, 0.1) is 24.7 Å². The Hall–Kier alpha value is 0.678. The van der Waals surface area contributed by atoms with Gasteiger partial charge in [0, 0.05) is 71.8 Å². The van der Waals surface area contributed by atoms with E-state index < -0.39 is 0 Å². The quantitative estimate of drug-likeness (QED) is 0.568. The van der Waals surface area contributed by atoms with Crippen molar-refractivity contribution in [2.24, 2.45) is 0 Å². The van der Waals surface area contributed by atoms with Gasteiger partial charge in [-0.1, -0.05) is 11.8 Å². The Kier molecular flexibility index (Phi) is 39.5. The van der Waals surface area contributed by atoms with Crippen molar-refractivity contribution in [3.05, 3.63) is 5.73 Å². The maximum absolute atomic E-state index is 11.1. The molecule has 2 radical (unpaired) electrons. The molecule has 5 nitrogen and oxygen atoms in total. The molecule has 0 heterocycles. The van der Waals surface area contributed by atoms with E-state index >= 15 is 0 Å². The molecule has 0 fully saturated rings. The smallest absolute Gasteiger partial charge is 0.222 e. The fraction of sp³-hybridized carbons (Fsp3) is 0.444. The fourth-order valence-corrected chi connectivity index (χ4v) is 0.718. The first-order valence-electron chi connectivity index (χ1n) is 3.55. The zero-order valence-electron chi connectivity index (χ0n) is 8.99. The van der Waals surface area contributed by atoms with Crippen LogP contribution in [0.5, 0.6) is 0 Å². The van der Waals surface area contributed by atoms with Crippen LogP contribution in [0.1, 0.15) is 6.42 Å². The molecule has 0 aromatic heterocycles. The van der Waals surface area contributed by atoms with Gasteiger partial charge in [0.15, 0.2) is 0 Å². The fourth-order valence-electron chi connectivity index (χ4n) is 0.718. The van der Waals surface area contributed by atoms with E-state index in [9.17, 15) is 4.79 Å².